The van der Waals surface area contributed by atoms with Crippen LogP contribution in [0.4, 0.5) is 11.4 Å². The van der Waals surface area contributed by atoms with E-state index in [1.165, 1.54) is 0 Å². The molecule has 4 nitrogen and oxygen atoms in total. The van der Waals surface area contributed by atoms with Gasteiger partial charge >= 0.3 is 0 Å². The Bertz CT molecular complexity index is 443. The van der Waals surface area contributed by atoms with Crippen LogP contribution in [0.1, 0.15) is 19.8 Å². The minimum absolute atomic E-state index is 0.00604. The van der Waals surface area contributed by atoms with E-state index in [1.807, 2.05) is 29.2 Å². The van der Waals surface area contributed by atoms with E-state index in [0.717, 1.165) is 24.3 Å². The second-order valence-corrected chi connectivity index (χ2v) is 4.29. The van der Waals surface area contributed by atoms with Crippen molar-refractivity contribution in [3.63, 3.8) is 0 Å². The average Bonchev–Trinajstić information content (AvgIpc) is 2.28. The van der Waals surface area contributed by atoms with Gasteiger partial charge in [0.2, 0.25) is 5.91 Å². The molecule has 4 heteroatoms. The van der Waals surface area contributed by atoms with Crippen LogP contribution >= 0.6 is 0 Å². The smallest absolute Gasteiger partial charge is 0.243 e. The molecule has 1 aliphatic rings. The van der Waals surface area contributed by atoms with E-state index in [9.17, 15) is 9.59 Å². The van der Waals surface area contributed by atoms with Gasteiger partial charge < -0.3 is 15.0 Å². The molecule has 0 atom stereocenters. The van der Waals surface area contributed by atoms with Gasteiger partial charge in [-0.1, -0.05) is 12.1 Å². The number of nitrogens with one attached hydrogen (secondary N) is 1. The van der Waals surface area contributed by atoms with Gasteiger partial charge in [0.15, 0.2) is 0 Å². The van der Waals surface area contributed by atoms with Gasteiger partial charge in [-0.15, -0.1) is 0 Å². The predicted molar refractivity (Wildman–Crippen MR) is 67.2 cm³/mol. The Morgan fingerprint density at radius 3 is 2.94 bits per heavy atom. The SMILES string of the molecule is CC(=O)CCCN1CC(=O)Nc2ccccc21. The van der Waals surface area contributed by atoms with Gasteiger partial charge in [-0.2, -0.15) is 0 Å². The molecule has 0 saturated carbocycles. The molecule has 0 fully saturated rings. The van der Waals surface area contributed by atoms with Crippen molar-refractivity contribution in [2.75, 3.05) is 23.3 Å². The van der Waals surface area contributed by atoms with Crippen LogP contribution in [-0.2, 0) is 9.59 Å². The van der Waals surface area contributed by atoms with E-state index in [2.05, 4.69) is 5.32 Å². The number of para-hydroxylation sites is 2. The number of benzene rings is 1. The summed E-state index contributed by atoms with van der Waals surface area (Å²) < 4.78 is 0. The van der Waals surface area contributed by atoms with E-state index in [0.29, 0.717) is 13.0 Å². The van der Waals surface area contributed by atoms with Crippen molar-refractivity contribution in [1.29, 1.82) is 0 Å². The highest BCUT2D eigenvalue weighted by molar-refractivity contribution is 6.01. The van der Waals surface area contributed by atoms with E-state index >= 15 is 0 Å². The summed E-state index contributed by atoms with van der Waals surface area (Å²) in [5.74, 6) is 0.200. The Kier molecular flexibility index (Phi) is 3.42. The van der Waals surface area contributed by atoms with Gasteiger partial charge in [0.1, 0.15) is 5.78 Å². The van der Waals surface area contributed by atoms with Crippen molar-refractivity contribution in [1.82, 2.24) is 0 Å². The molecule has 1 aromatic rings. The lowest BCUT2D eigenvalue weighted by molar-refractivity contribution is -0.117. The minimum Gasteiger partial charge on any atom is -0.361 e. The molecule has 1 N–H and O–H groups in total. The first-order valence-electron chi connectivity index (χ1n) is 5.80. The molecule has 0 unspecified atom stereocenters. The van der Waals surface area contributed by atoms with Crippen LogP contribution in [0, 0.1) is 0 Å². The highest BCUT2D eigenvalue weighted by Crippen LogP contribution is 2.28. The highest BCUT2D eigenvalue weighted by atomic mass is 16.2. The lowest BCUT2D eigenvalue weighted by Crippen LogP contribution is -2.38. The molecule has 0 radical (unpaired) electrons. The Morgan fingerprint density at radius 1 is 1.41 bits per heavy atom. The van der Waals surface area contributed by atoms with E-state index < -0.39 is 0 Å². The number of rotatable bonds is 4. The number of anilines is 2. The Balaban J connectivity index is 2.07. The zero-order valence-corrected chi connectivity index (χ0v) is 9.90. The second-order valence-electron chi connectivity index (χ2n) is 4.29. The number of hydrogen-bond acceptors (Lipinski definition) is 3. The Labute approximate surface area is 101 Å². The summed E-state index contributed by atoms with van der Waals surface area (Å²) in [6, 6.07) is 7.74. The summed E-state index contributed by atoms with van der Waals surface area (Å²) >= 11 is 0. The van der Waals surface area contributed by atoms with Gasteiger partial charge in [0, 0.05) is 13.0 Å². The number of amides is 1. The number of carbonyl (C=O) groups excluding carboxylic acids is 2. The number of fused-ring (bicyclic) bond motifs is 1. The first-order chi connectivity index (χ1) is 8.16. The van der Waals surface area contributed by atoms with Crippen molar-refractivity contribution < 1.29 is 9.59 Å². The van der Waals surface area contributed by atoms with E-state index in [1.54, 1.807) is 6.92 Å². The van der Waals surface area contributed by atoms with Crippen LogP contribution in [0.15, 0.2) is 24.3 Å². The van der Waals surface area contributed by atoms with Crippen LogP contribution in [-0.4, -0.2) is 24.8 Å². The maximum absolute atomic E-state index is 11.5. The number of carbonyl (C=O) groups is 2. The normalized spacial score (nSPS) is 14.2. The van der Waals surface area contributed by atoms with E-state index in [4.69, 9.17) is 0 Å². The van der Waals surface area contributed by atoms with Gasteiger partial charge in [-0.05, 0) is 25.5 Å². The highest BCUT2D eigenvalue weighted by Gasteiger charge is 2.20. The predicted octanol–water partition coefficient (Wildman–Crippen LogP) is 1.81. The van der Waals surface area contributed by atoms with Gasteiger partial charge in [0.05, 0.1) is 17.9 Å². The third kappa shape index (κ3) is 2.84. The lowest BCUT2D eigenvalue weighted by Gasteiger charge is -2.30. The third-order valence-corrected chi connectivity index (χ3v) is 2.81. The van der Waals surface area contributed by atoms with Crippen molar-refractivity contribution >= 4 is 23.1 Å². The van der Waals surface area contributed by atoms with Crippen LogP contribution in [0.3, 0.4) is 0 Å². The Hall–Kier alpha value is -1.84. The molecule has 1 amide bonds. The summed E-state index contributed by atoms with van der Waals surface area (Å²) in [4.78, 5) is 24.4. The molecular formula is C13H16N2O2. The minimum atomic E-state index is 0.00604. The molecule has 2 rings (SSSR count). The molecule has 0 spiro atoms. The Morgan fingerprint density at radius 2 is 2.18 bits per heavy atom. The first-order valence-corrected chi connectivity index (χ1v) is 5.80. The third-order valence-electron chi connectivity index (χ3n) is 2.81. The fourth-order valence-electron chi connectivity index (χ4n) is 2.02. The first kappa shape index (κ1) is 11.6. The summed E-state index contributed by atoms with van der Waals surface area (Å²) in [6.45, 7) is 2.70. The molecule has 1 aromatic carbocycles. The van der Waals surface area contributed by atoms with Crippen LogP contribution in [0.25, 0.3) is 0 Å². The average molecular weight is 232 g/mol. The topological polar surface area (TPSA) is 49.4 Å². The van der Waals surface area contributed by atoms with Crippen LogP contribution in [0.5, 0.6) is 0 Å². The molecule has 90 valence electrons. The second kappa shape index (κ2) is 4.99. The number of ketones is 1. The van der Waals surface area contributed by atoms with Crippen molar-refractivity contribution in [2.24, 2.45) is 0 Å². The molecule has 0 saturated heterocycles. The maximum atomic E-state index is 11.5. The van der Waals surface area contributed by atoms with Crippen molar-refractivity contribution in [2.45, 2.75) is 19.8 Å². The summed E-state index contributed by atoms with van der Waals surface area (Å²) in [7, 11) is 0. The zero-order valence-electron chi connectivity index (χ0n) is 9.90. The molecule has 0 aliphatic carbocycles. The quantitative estimate of drug-likeness (QED) is 0.861. The summed E-state index contributed by atoms with van der Waals surface area (Å²) in [5, 5.41) is 2.84. The molecule has 0 aromatic heterocycles. The molecule has 0 bridgehead atoms. The maximum Gasteiger partial charge on any atom is 0.243 e. The number of Topliss-reactive ketones (excluding diaryl/α,β-unsaturated/α-hetero) is 1. The molecular weight excluding hydrogens is 216 g/mol. The standard InChI is InChI=1S/C13H16N2O2/c1-10(16)5-4-8-15-9-13(17)14-11-6-2-3-7-12(11)15/h2-3,6-7H,4-5,8-9H2,1H3,(H,14,17). The van der Waals surface area contributed by atoms with E-state index in [-0.39, 0.29) is 11.7 Å². The van der Waals surface area contributed by atoms with Crippen LogP contribution in [0.2, 0.25) is 0 Å². The fraction of sp³-hybridized carbons (Fsp3) is 0.385. The fourth-order valence-corrected chi connectivity index (χ4v) is 2.02. The van der Waals surface area contributed by atoms with Crippen LogP contribution < -0.4 is 10.2 Å². The lowest BCUT2D eigenvalue weighted by atomic mass is 10.1. The van der Waals surface area contributed by atoms with Gasteiger partial charge in [0.25, 0.3) is 0 Å². The van der Waals surface area contributed by atoms with Gasteiger partial charge in [-0.25, -0.2) is 0 Å². The zero-order chi connectivity index (χ0) is 12.3. The molecule has 1 heterocycles. The number of hydrogen-bond donors (Lipinski definition) is 1. The molecule has 1 aliphatic heterocycles. The van der Waals surface area contributed by atoms with Gasteiger partial charge in [-0.3, -0.25) is 4.79 Å². The summed E-state index contributed by atoms with van der Waals surface area (Å²) in [6.07, 6.45) is 1.36. The largest absolute Gasteiger partial charge is 0.361 e. The molecule has 17 heavy (non-hydrogen) atoms. The van der Waals surface area contributed by atoms with Crippen molar-refractivity contribution in [3.05, 3.63) is 24.3 Å². The summed E-state index contributed by atoms with van der Waals surface area (Å²) in [5.41, 5.74) is 1.89. The monoisotopic (exact) mass is 232 g/mol. The van der Waals surface area contributed by atoms with Crippen molar-refractivity contribution in [3.8, 4) is 0 Å². The number of nitrogens with zero attached hydrogens (tertiary/aromatic N) is 1.